The number of carbonyl (C=O) groups is 2. The van der Waals surface area contributed by atoms with Crippen LogP contribution in [0.15, 0.2) is 48.5 Å². The van der Waals surface area contributed by atoms with E-state index < -0.39 is 38.7 Å². The monoisotopic (exact) mass is 546 g/mol. The molecule has 1 unspecified atom stereocenters. The van der Waals surface area contributed by atoms with Crippen LogP contribution in [0, 0.1) is 5.82 Å². The SMILES string of the molecule is CC(C)(N)C(=O)NC(COCc1ccccc1)C(=O)N1CCC2(CC1)CN(S(C)(=O)=O)c1ccc(F)cc12. The summed E-state index contributed by atoms with van der Waals surface area (Å²) in [6.07, 6.45) is 2.05. The number of fused-ring (bicyclic) bond motifs is 2. The number of amides is 2. The van der Waals surface area contributed by atoms with Gasteiger partial charge in [0.15, 0.2) is 0 Å². The molecular formula is C27H35FN4O5S. The highest BCUT2D eigenvalue weighted by Crippen LogP contribution is 2.48. The summed E-state index contributed by atoms with van der Waals surface area (Å²) in [6, 6.07) is 12.7. The second kappa shape index (κ2) is 10.6. The lowest BCUT2D eigenvalue weighted by Gasteiger charge is -2.41. The number of ether oxygens (including phenoxy) is 1. The summed E-state index contributed by atoms with van der Waals surface area (Å²) in [7, 11) is -3.55. The van der Waals surface area contributed by atoms with Gasteiger partial charge in [-0.05, 0) is 56.0 Å². The number of piperidine rings is 1. The number of anilines is 1. The van der Waals surface area contributed by atoms with Gasteiger partial charge in [-0.1, -0.05) is 30.3 Å². The number of hydrogen-bond acceptors (Lipinski definition) is 6. The van der Waals surface area contributed by atoms with E-state index in [1.165, 1.54) is 22.5 Å². The molecule has 3 N–H and O–H groups in total. The summed E-state index contributed by atoms with van der Waals surface area (Å²) < 4.78 is 46.2. The zero-order valence-electron chi connectivity index (χ0n) is 21.9. The molecule has 0 saturated carbocycles. The van der Waals surface area contributed by atoms with Gasteiger partial charge in [0.1, 0.15) is 11.9 Å². The average Bonchev–Trinajstić information content (AvgIpc) is 3.17. The summed E-state index contributed by atoms with van der Waals surface area (Å²) in [4.78, 5) is 27.8. The first-order valence-electron chi connectivity index (χ1n) is 12.6. The van der Waals surface area contributed by atoms with Crippen molar-refractivity contribution in [3.05, 3.63) is 65.5 Å². The molecular weight excluding hydrogens is 511 g/mol. The van der Waals surface area contributed by atoms with E-state index in [-0.39, 0.29) is 25.7 Å². The number of likely N-dealkylation sites (tertiary alicyclic amines) is 1. The second-order valence-corrected chi connectivity index (χ2v) is 12.7. The van der Waals surface area contributed by atoms with Gasteiger partial charge in [-0.15, -0.1) is 0 Å². The van der Waals surface area contributed by atoms with Crippen LogP contribution in [-0.4, -0.2) is 69.2 Å². The zero-order valence-corrected chi connectivity index (χ0v) is 22.8. The Balaban J connectivity index is 1.48. The molecule has 1 atom stereocenters. The topological polar surface area (TPSA) is 122 Å². The Bertz CT molecular complexity index is 1290. The molecule has 38 heavy (non-hydrogen) atoms. The minimum atomic E-state index is -3.55. The van der Waals surface area contributed by atoms with Crippen LogP contribution in [0.3, 0.4) is 0 Å². The Kier molecular flexibility index (Phi) is 7.83. The Hall–Kier alpha value is -3.02. The van der Waals surface area contributed by atoms with Gasteiger partial charge in [0.2, 0.25) is 21.8 Å². The van der Waals surface area contributed by atoms with Crippen LogP contribution in [-0.2, 0) is 36.4 Å². The van der Waals surface area contributed by atoms with Crippen molar-refractivity contribution >= 4 is 27.5 Å². The fourth-order valence-electron chi connectivity index (χ4n) is 5.08. The maximum atomic E-state index is 14.2. The van der Waals surface area contributed by atoms with Gasteiger partial charge in [0.25, 0.3) is 0 Å². The van der Waals surface area contributed by atoms with Crippen molar-refractivity contribution in [1.29, 1.82) is 0 Å². The zero-order chi connectivity index (χ0) is 27.7. The van der Waals surface area contributed by atoms with Gasteiger partial charge in [0.05, 0.1) is 30.7 Å². The Morgan fingerprint density at radius 3 is 2.42 bits per heavy atom. The second-order valence-electron chi connectivity index (χ2n) is 10.8. The molecule has 11 heteroatoms. The van der Waals surface area contributed by atoms with Crippen molar-refractivity contribution in [2.75, 3.05) is 36.8 Å². The summed E-state index contributed by atoms with van der Waals surface area (Å²) in [5, 5.41) is 2.73. The Morgan fingerprint density at radius 2 is 1.82 bits per heavy atom. The van der Waals surface area contributed by atoms with Crippen molar-refractivity contribution in [3.63, 3.8) is 0 Å². The summed E-state index contributed by atoms with van der Waals surface area (Å²) in [5.74, 6) is -1.21. The standard InChI is InChI=1S/C27H35FN4O5S/c1-26(2,29)25(34)30-22(17-37-16-19-7-5-4-6-8-19)24(33)31-13-11-27(12-14-31)18-32(38(3,35)36)23-10-9-20(28)15-21(23)27/h4-10,15,22H,11-14,16-18,29H2,1-3H3,(H,30,34). The fourth-order valence-corrected chi connectivity index (χ4v) is 6.08. The van der Waals surface area contributed by atoms with Crippen LogP contribution in [0.1, 0.15) is 37.8 Å². The maximum Gasteiger partial charge on any atom is 0.247 e. The number of sulfonamides is 1. The molecule has 0 bridgehead atoms. The Labute approximate surface area is 223 Å². The lowest BCUT2D eigenvalue weighted by atomic mass is 9.74. The van der Waals surface area contributed by atoms with E-state index in [2.05, 4.69) is 5.32 Å². The highest BCUT2D eigenvalue weighted by molar-refractivity contribution is 7.92. The van der Waals surface area contributed by atoms with Gasteiger partial charge < -0.3 is 20.7 Å². The van der Waals surface area contributed by atoms with Gasteiger partial charge in [0, 0.05) is 25.0 Å². The maximum absolute atomic E-state index is 14.2. The molecule has 4 rings (SSSR count). The number of benzene rings is 2. The summed E-state index contributed by atoms with van der Waals surface area (Å²) in [5.41, 5.74) is 6.24. The van der Waals surface area contributed by atoms with E-state index in [0.29, 0.717) is 37.2 Å². The molecule has 1 saturated heterocycles. The highest BCUT2D eigenvalue weighted by atomic mass is 32.2. The van der Waals surface area contributed by atoms with Crippen molar-refractivity contribution in [3.8, 4) is 0 Å². The van der Waals surface area contributed by atoms with Crippen LogP contribution in [0.5, 0.6) is 0 Å². The lowest BCUT2D eigenvalue weighted by Crippen LogP contribution is -2.59. The molecule has 1 spiro atoms. The molecule has 206 valence electrons. The van der Waals surface area contributed by atoms with Gasteiger partial charge >= 0.3 is 0 Å². The van der Waals surface area contributed by atoms with E-state index in [4.69, 9.17) is 10.5 Å². The van der Waals surface area contributed by atoms with E-state index in [0.717, 1.165) is 11.8 Å². The number of halogens is 1. The number of nitrogens with one attached hydrogen (secondary N) is 1. The Morgan fingerprint density at radius 1 is 1.16 bits per heavy atom. The fraction of sp³-hybridized carbons (Fsp3) is 0.481. The quantitative estimate of drug-likeness (QED) is 0.522. The number of hydrogen-bond donors (Lipinski definition) is 2. The third kappa shape index (κ3) is 6.00. The van der Waals surface area contributed by atoms with Crippen molar-refractivity contribution in [1.82, 2.24) is 10.2 Å². The third-order valence-corrected chi connectivity index (χ3v) is 8.39. The molecule has 0 aliphatic carbocycles. The predicted molar refractivity (Wildman–Crippen MR) is 142 cm³/mol. The molecule has 2 aliphatic rings. The molecule has 0 radical (unpaired) electrons. The normalized spacial score (nSPS) is 17.8. The lowest BCUT2D eigenvalue weighted by molar-refractivity contribution is -0.140. The van der Waals surface area contributed by atoms with Crippen LogP contribution in [0.2, 0.25) is 0 Å². The first kappa shape index (κ1) is 28.0. The van der Waals surface area contributed by atoms with Crippen LogP contribution in [0.4, 0.5) is 10.1 Å². The van der Waals surface area contributed by atoms with E-state index >= 15 is 0 Å². The highest BCUT2D eigenvalue weighted by Gasteiger charge is 2.48. The molecule has 9 nitrogen and oxygen atoms in total. The number of nitrogens with two attached hydrogens (primary N) is 1. The van der Waals surface area contributed by atoms with Gasteiger partial charge in [-0.3, -0.25) is 13.9 Å². The number of rotatable bonds is 8. The first-order chi connectivity index (χ1) is 17.8. The van der Waals surface area contributed by atoms with Gasteiger partial charge in [-0.2, -0.15) is 0 Å². The summed E-state index contributed by atoms with van der Waals surface area (Å²) >= 11 is 0. The average molecular weight is 547 g/mol. The largest absolute Gasteiger partial charge is 0.374 e. The molecule has 1 fully saturated rings. The van der Waals surface area contributed by atoms with E-state index in [9.17, 15) is 22.4 Å². The first-order valence-corrected chi connectivity index (χ1v) is 14.4. The van der Waals surface area contributed by atoms with Gasteiger partial charge in [-0.25, -0.2) is 12.8 Å². The minimum absolute atomic E-state index is 0.0346. The van der Waals surface area contributed by atoms with Crippen molar-refractivity contribution < 1.29 is 27.1 Å². The molecule has 2 aromatic rings. The van der Waals surface area contributed by atoms with E-state index in [1.54, 1.807) is 18.7 Å². The molecule has 0 aromatic heterocycles. The molecule has 2 aliphatic heterocycles. The molecule has 2 amide bonds. The van der Waals surface area contributed by atoms with Crippen LogP contribution in [0.25, 0.3) is 0 Å². The molecule has 2 heterocycles. The number of nitrogens with zero attached hydrogens (tertiary/aromatic N) is 2. The predicted octanol–water partition coefficient (Wildman–Crippen LogP) is 1.90. The van der Waals surface area contributed by atoms with Crippen LogP contribution < -0.4 is 15.4 Å². The minimum Gasteiger partial charge on any atom is -0.374 e. The molecule has 2 aromatic carbocycles. The van der Waals surface area contributed by atoms with Crippen LogP contribution >= 0.6 is 0 Å². The number of carbonyl (C=O) groups excluding carboxylic acids is 2. The van der Waals surface area contributed by atoms with Crippen molar-refractivity contribution in [2.45, 2.75) is 50.3 Å². The van der Waals surface area contributed by atoms with E-state index in [1.807, 2.05) is 30.3 Å². The summed E-state index contributed by atoms with van der Waals surface area (Å²) in [6.45, 7) is 4.21. The van der Waals surface area contributed by atoms with Crippen molar-refractivity contribution in [2.24, 2.45) is 5.73 Å². The smallest absolute Gasteiger partial charge is 0.247 e. The third-order valence-electron chi connectivity index (χ3n) is 7.26.